The van der Waals surface area contributed by atoms with Crippen molar-refractivity contribution in [3.63, 3.8) is 0 Å². The lowest BCUT2D eigenvalue weighted by atomic mass is 10.2. The maximum atomic E-state index is 5.57. The van der Waals surface area contributed by atoms with Gasteiger partial charge in [-0.3, -0.25) is 4.68 Å². The zero-order chi connectivity index (χ0) is 12.0. The molecular formula is C11H22N4O. The number of hydrogen-bond acceptors (Lipinski definition) is 4. The van der Waals surface area contributed by atoms with Crippen molar-refractivity contribution in [3.05, 3.63) is 18.0 Å². The molecule has 92 valence electrons. The van der Waals surface area contributed by atoms with Gasteiger partial charge in [-0.05, 0) is 13.5 Å². The fourth-order valence-electron chi connectivity index (χ4n) is 1.64. The number of hydrogen-bond donors (Lipinski definition) is 1. The molecule has 1 rings (SSSR count). The van der Waals surface area contributed by atoms with Gasteiger partial charge in [0.1, 0.15) is 0 Å². The lowest BCUT2D eigenvalue weighted by Gasteiger charge is -2.19. The summed E-state index contributed by atoms with van der Waals surface area (Å²) in [6.45, 7) is 2.47. The molecule has 0 aromatic carbocycles. The first kappa shape index (κ1) is 13.2. The largest absolute Gasteiger partial charge is 0.380 e. The first-order valence-electron chi connectivity index (χ1n) is 5.54. The number of nitrogens with two attached hydrogens (primary N) is 1. The van der Waals surface area contributed by atoms with E-state index in [1.807, 2.05) is 24.1 Å². The van der Waals surface area contributed by atoms with E-state index in [2.05, 4.69) is 17.0 Å². The second kappa shape index (κ2) is 6.62. The monoisotopic (exact) mass is 226 g/mol. The molecule has 1 atom stereocenters. The van der Waals surface area contributed by atoms with Gasteiger partial charge in [-0.1, -0.05) is 0 Å². The molecule has 0 spiro atoms. The van der Waals surface area contributed by atoms with Crippen molar-refractivity contribution in [3.8, 4) is 0 Å². The van der Waals surface area contributed by atoms with Gasteiger partial charge >= 0.3 is 0 Å². The predicted molar refractivity (Wildman–Crippen MR) is 64.0 cm³/mol. The molecule has 16 heavy (non-hydrogen) atoms. The van der Waals surface area contributed by atoms with Gasteiger partial charge in [0.05, 0.1) is 12.3 Å². The Balaban J connectivity index is 2.27. The molecule has 0 aliphatic rings. The van der Waals surface area contributed by atoms with Crippen LogP contribution >= 0.6 is 0 Å². The number of rotatable bonds is 7. The average molecular weight is 226 g/mol. The first-order chi connectivity index (χ1) is 7.65. The second-order valence-electron chi connectivity index (χ2n) is 4.14. The molecule has 0 aliphatic heterocycles. The molecule has 1 aromatic rings. The van der Waals surface area contributed by atoms with Gasteiger partial charge in [-0.2, -0.15) is 5.10 Å². The van der Waals surface area contributed by atoms with Crippen LogP contribution in [-0.4, -0.2) is 48.0 Å². The topological polar surface area (TPSA) is 56.3 Å². The van der Waals surface area contributed by atoms with Gasteiger partial charge in [0.2, 0.25) is 0 Å². The fraction of sp³-hybridized carbons (Fsp3) is 0.727. The summed E-state index contributed by atoms with van der Waals surface area (Å²) in [7, 11) is 5.73. The van der Waals surface area contributed by atoms with Gasteiger partial charge in [0, 0.05) is 45.6 Å². The highest BCUT2D eigenvalue weighted by Crippen LogP contribution is 2.03. The lowest BCUT2D eigenvalue weighted by molar-refractivity contribution is 0.0919. The normalized spacial score (nSPS) is 13.3. The van der Waals surface area contributed by atoms with Crippen LogP contribution in [0.5, 0.6) is 0 Å². The van der Waals surface area contributed by atoms with Crippen LogP contribution in [0.15, 0.2) is 12.4 Å². The Labute approximate surface area is 97.2 Å². The molecule has 1 heterocycles. The SMILES string of the molecule is COC(CN)CCN(C)Cc1cnn(C)c1. The highest BCUT2D eigenvalue weighted by molar-refractivity contribution is 5.02. The number of nitrogens with zero attached hydrogens (tertiary/aromatic N) is 3. The van der Waals surface area contributed by atoms with Crippen molar-refractivity contribution in [2.24, 2.45) is 12.8 Å². The van der Waals surface area contributed by atoms with Crippen molar-refractivity contribution in [2.75, 3.05) is 27.2 Å². The van der Waals surface area contributed by atoms with Crippen LogP contribution in [0.25, 0.3) is 0 Å². The van der Waals surface area contributed by atoms with Crippen LogP contribution in [0, 0.1) is 0 Å². The van der Waals surface area contributed by atoms with E-state index < -0.39 is 0 Å². The zero-order valence-corrected chi connectivity index (χ0v) is 10.4. The summed E-state index contributed by atoms with van der Waals surface area (Å²) in [6, 6.07) is 0. The van der Waals surface area contributed by atoms with Crippen LogP contribution in [0.1, 0.15) is 12.0 Å². The summed E-state index contributed by atoms with van der Waals surface area (Å²) in [6.07, 6.45) is 5.06. The van der Waals surface area contributed by atoms with Crippen LogP contribution in [0.4, 0.5) is 0 Å². The Kier molecular flexibility index (Phi) is 5.45. The number of aryl methyl sites for hydroxylation is 1. The molecule has 0 amide bonds. The molecule has 0 fully saturated rings. The minimum atomic E-state index is 0.163. The molecule has 5 heteroatoms. The van der Waals surface area contributed by atoms with Crippen molar-refractivity contribution in [1.29, 1.82) is 0 Å². The minimum absolute atomic E-state index is 0.163. The highest BCUT2D eigenvalue weighted by atomic mass is 16.5. The smallest absolute Gasteiger partial charge is 0.0705 e. The van der Waals surface area contributed by atoms with E-state index in [9.17, 15) is 0 Å². The van der Waals surface area contributed by atoms with Crippen LogP contribution in [0.3, 0.4) is 0 Å². The Morgan fingerprint density at radius 3 is 2.88 bits per heavy atom. The van der Waals surface area contributed by atoms with Crippen molar-refractivity contribution >= 4 is 0 Å². The van der Waals surface area contributed by atoms with Crippen molar-refractivity contribution in [2.45, 2.75) is 19.1 Å². The highest BCUT2D eigenvalue weighted by Gasteiger charge is 2.07. The Morgan fingerprint density at radius 1 is 1.62 bits per heavy atom. The summed E-state index contributed by atoms with van der Waals surface area (Å²) in [5.41, 5.74) is 6.80. The molecule has 0 saturated carbocycles. The molecule has 0 aliphatic carbocycles. The predicted octanol–water partition coefficient (Wildman–Crippen LogP) is 0.216. The summed E-state index contributed by atoms with van der Waals surface area (Å²) in [5, 5.41) is 4.14. The summed E-state index contributed by atoms with van der Waals surface area (Å²) in [5.74, 6) is 0. The van der Waals surface area contributed by atoms with Crippen LogP contribution in [-0.2, 0) is 18.3 Å². The number of ether oxygens (including phenoxy) is 1. The maximum absolute atomic E-state index is 5.57. The van der Waals surface area contributed by atoms with Crippen LogP contribution < -0.4 is 5.73 Å². The molecule has 0 radical (unpaired) electrons. The quantitative estimate of drug-likeness (QED) is 0.722. The average Bonchev–Trinajstić information content (AvgIpc) is 2.65. The standard InChI is InChI=1S/C11H22N4O/c1-14(5-4-11(6-12)16-3)8-10-7-13-15(2)9-10/h7,9,11H,4-6,8,12H2,1-3H3. The summed E-state index contributed by atoms with van der Waals surface area (Å²) in [4.78, 5) is 2.25. The van der Waals surface area contributed by atoms with Gasteiger partial charge in [-0.25, -0.2) is 0 Å². The summed E-state index contributed by atoms with van der Waals surface area (Å²) < 4.78 is 7.06. The Morgan fingerprint density at radius 2 is 2.38 bits per heavy atom. The maximum Gasteiger partial charge on any atom is 0.0705 e. The Hall–Kier alpha value is -0.910. The van der Waals surface area contributed by atoms with Crippen molar-refractivity contribution < 1.29 is 4.74 Å². The van der Waals surface area contributed by atoms with E-state index in [1.165, 1.54) is 5.56 Å². The lowest BCUT2D eigenvalue weighted by Crippen LogP contribution is -2.28. The van der Waals surface area contributed by atoms with E-state index in [0.717, 1.165) is 19.5 Å². The van der Waals surface area contributed by atoms with E-state index in [1.54, 1.807) is 7.11 Å². The molecular weight excluding hydrogens is 204 g/mol. The number of methoxy groups -OCH3 is 1. The van der Waals surface area contributed by atoms with E-state index >= 15 is 0 Å². The van der Waals surface area contributed by atoms with Gasteiger partial charge < -0.3 is 15.4 Å². The Bertz CT molecular complexity index is 296. The summed E-state index contributed by atoms with van der Waals surface area (Å²) >= 11 is 0. The fourth-order valence-corrected chi connectivity index (χ4v) is 1.64. The van der Waals surface area contributed by atoms with Gasteiger partial charge in [-0.15, -0.1) is 0 Å². The zero-order valence-electron chi connectivity index (χ0n) is 10.4. The van der Waals surface area contributed by atoms with Crippen LogP contribution in [0.2, 0.25) is 0 Å². The molecule has 2 N–H and O–H groups in total. The third-order valence-corrected chi connectivity index (χ3v) is 2.64. The van der Waals surface area contributed by atoms with Gasteiger partial charge in [0.25, 0.3) is 0 Å². The first-order valence-corrected chi connectivity index (χ1v) is 5.54. The molecule has 0 bridgehead atoms. The van der Waals surface area contributed by atoms with Gasteiger partial charge in [0.15, 0.2) is 0 Å². The second-order valence-corrected chi connectivity index (χ2v) is 4.14. The molecule has 0 saturated heterocycles. The van der Waals surface area contributed by atoms with E-state index in [-0.39, 0.29) is 6.10 Å². The third-order valence-electron chi connectivity index (χ3n) is 2.64. The molecule has 5 nitrogen and oxygen atoms in total. The number of aromatic nitrogens is 2. The van der Waals surface area contributed by atoms with E-state index in [4.69, 9.17) is 10.5 Å². The van der Waals surface area contributed by atoms with E-state index in [0.29, 0.717) is 6.54 Å². The third kappa shape index (κ3) is 4.30. The van der Waals surface area contributed by atoms with Crippen molar-refractivity contribution in [1.82, 2.24) is 14.7 Å². The molecule has 1 aromatic heterocycles. The molecule has 1 unspecified atom stereocenters. The minimum Gasteiger partial charge on any atom is -0.380 e.